The monoisotopic (exact) mass is 260 g/mol. The molecule has 5 nitrogen and oxygen atoms in total. The SMILES string of the molecule is COC(=O)CNC(=O)Nc1c(F)cccc1Cl. The molecule has 1 aromatic carbocycles. The maximum Gasteiger partial charge on any atom is 0.325 e. The standard InChI is InChI=1S/C10H10ClFN2O3/c1-17-8(15)5-13-10(16)14-9-6(11)3-2-4-7(9)12/h2-4H,5H2,1H3,(H2,13,14,16). The molecule has 2 N–H and O–H groups in total. The number of rotatable bonds is 3. The summed E-state index contributed by atoms with van der Waals surface area (Å²) in [6, 6.07) is 3.25. The summed E-state index contributed by atoms with van der Waals surface area (Å²) in [6.07, 6.45) is 0. The Morgan fingerprint density at radius 3 is 2.76 bits per heavy atom. The Balaban J connectivity index is 2.59. The summed E-state index contributed by atoms with van der Waals surface area (Å²) in [4.78, 5) is 22.0. The van der Waals surface area contributed by atoms with E-state index < -0.39 is 17.8 Å². The molecule has 0 saturated heterocycles. The first-order chi connectivity index (χ1) is 8.04. The highest BCUT2D eigenvalue weighted by Crippen LogP contribution is 2.24. The van der Waals surface area contributed by atoms with E-state index in [0.717, 1.165) is 6.07 Å². The fraction of sp³-hybridized carbons (Fsp3) is 0.200. The van der Waals surface area contributed by atoms with Crippen LogP contribution in [0.4, 0.5) is 14.9 Å². The number of carbonyl (C=O) groups is 2. The summed E-state index contributed by atoms with van der Waals surface area (Å²) in [5, 5.41) is 4.45. The van der Waals surface area contributed by atoms with E-state index in [0.29, 0.717) is 0 Å². The third-order valence-electron chi connectivity index (χ3n) is 1.82. The molecule has 1 aromatic rings. The van der Waals surface area contributed by atoms with Crippen LogP contribution in [0.2, 0.25) is 5.02 Å². The maximum absolute atomic E-state index is 13.3. The largest absolute Gasteiger partial charge is 0.468 e. The molecule has 7 heteroatoms. The first-order valence-electron chi connectivity index (χ1n) is 4.60. The van der Waals surface area contributed by atoms with E-state index in [-0.39, 0.29) is 17.3 Å². The number of anilines is 1. The summed E-state index contributed by atoms with van der Waals surface area (Å²) in [7, 11) is 1.19. The van der Waals surface area contributed by atoms with Gasteiger partial charge in [0.1, 0.15) is 12.4 Å². The summed E-state index contributed by atoms with van der Waals surface area (Å²) in [5.74, 6) is -1.27. The maximum atomic E-state index is 13.3. The zero-order valence-electron chi connectivity index (χ0n) is 8.92. The quantitative estimate of drug-likeness (QED) is 0.814. The molecule has 0 unspecified atom stereocenters. The van der Waals surface area contributed by atoms with Crippen LogP contribution in [-0.4, -0.2) is 25.7 Å². The molecule has 2 amide bonds. The van der Waals surface area contributed by atoms with E-state index in [1.165, 1.54) is 19.2 Å². The predicted octanol–water partition coefficient (Wildman–Crippen LogP) is 1.77. The number of ether oxygens (including phenoxy) is 1. The van der Waals surface area contributed by atoms with E-state index >= 15 is 0 Å². The Bertz CT molecular complexity index is 419. The van der Waals surface area contributed by atoms with Crippen molar-refractivity contribution >= 4 is 29.3 Å². The first-order valence-corrected chi connectivity index (χ1v) is 4.98. The van der Waals surface area contributed by atoms with E-state index in [2.05, 4.69) is 15.4 Å². The lowest BCUT2D eigenvalue weighted by molar-refractivity contribution is -0.139. The van der Waals surface area contributed by atoms with Crippen molar-refractivity contribution in [1.29, 1.82) is 0 Å². The molecule has 0 atom stereocenters. The summed E-state index contributed by atoms with van der Waals surface area (Å²) in [5.41, 5.74) is -0.142. The molecule has 0 bridgehead atoms. The average molecular weight is 261 g/mol. The predicted molar refractivity (Wildman–Crippen MR) is 60.4 cm³/mol. The van der Waals surface area contributed by atoms with E-state index in [4.69, 9.17) is 11.6 Å². The fourth-order valence-electron chi connectivity index (χ4n) is 1.000. The topological polar surface area (TPSA) is 67.4 Å². The van der Waals surface area contributed by atoms with Gasteiger partial charge < -0.3 is 15.4 Å². The number of amides is 2. The fourth-order valence-corrected chi connectivity index (χ4v) is 1.21. The Hall–Kier alpha value is -1.82. The lowest BCUT2D eigenvalue weighted by Gasteiger charge is -2.08. The van der Waals surface area contributed by atoms with Gasteiger partial charge in [-0.05, 0) is 12.1 Å². The molecule has 0 heterocycles. The van der Waals surface area contributed by atoms with Crippen LogP contribution in [0.1, 0.15) is 0 Å². The smallest absolute Gasteiger partial charge is 0.325 e. The number of nitrogens with one attached hydrogen (secondary N) is 2. The Morgan fingerprint density at radius 2 is 2.18 bits per heavy atom. The first kappa shape index (κ1) is 13.2. The molecule has 0 aliphatic rings. The average Bonchev–Trinajstić information content (AvgIpc) is 2.31. The molecule has 0 aliphatic carbocycles. The van der Waals surface area contributed by atoms with Crippen molar-refractivity contribution in [1.82, 2.24) is 5.32 Å². The second-order valence-electron chi connectivity index (χ2n) is 2.98. The molecule has 0 fully saturated rings. The van der Waals surface area contributed by atoms with Gasteiger partial charge in [-0.3, -0.25) is 4.79 Å². The van der Waals surface area contributed by atoms with Crippen LogP contribution in [0.5, 0.6) is 0 Å². The summed E-state index contributed by atoms with van der Waals surface area (Å²) in [6.45, 7) is -0.311. The Morgan fingerprint density at radius 1 is 1.47 bits per heavy atom. The van der Waals surface area contributed by atoms with Crippen molar-refractivity contribution in [3.05, 3.63) is 29.0 Å². The molecular weight excluding hydrogens is 251 g/mol. The number of carbonyl (C=O) groups excluding carboxylic acids is 2. The van der Waals surface area contributed by atoms with E-state index in [1.54, 1.807) is 0 Å². The number of halogens is 2. The molecule has 0 aliphatic heterocycles. The van der Waals surface area contributed by atoms with Gasteiger partial charge in [-0.1, -0.05) is 17.7 Å². The highest BCUT2D eigenvalue weighted by atomic mass is 35.5. The second-order valence-corrected chi connectivity index (χ2v) is 3.39. The Labute approximate surface area is 102 Å². The van der Waals surface area contributed by atoms with Crippen LogP contribution in [0.15, 0.2) is 18.2 Å². The summed E-state index contributed by atoms with van der Waals surface area (Å²) < 4.78 is 17.6. The lowest BCUT2D eigenvalue weighted by Crippen LogP contribution is -2.34. The lowest BCUT2D eigenvalue weighted by atomic mass is 10.3. The number of para-hydroxylation sites is 1. The zero-order valence-corrected chi connectivity index (χ0v) is 9.68. The van der Waals surface area contributed by atoms with Gasteiger partial charge in [-0.25, -0.2) is 9.18 Å². The summed E-state index contributed by atoms with van der Waals surface area (Å²) >= 11 is 5.69. The van der Waals surface area contributed by atoms with E-state index in [1.807, 2.05) is 0 Å². The molecule has 0 aromatic heterocycles. The van der Waals surface area contributed by atoms with Gasteiger partial charge >= 0.3 is 12.0 Å². The zero-order chi connectivity index (χ0) is 12.8. The van der Waals surface area contributed by atoms with Crippen LogP contribution in [0.25, 0.3) is 0 Å². The molecule has 92 valence electrons. The number of hydrogen-bond donors (Lipinski definition) is 2. The van der Waals surface area contributed by atoms with Crippen LogP contribution >= 0.6 is 11.6 Å². The number of methoxy groups -OCH3 is 1. The van der Waals surface area contributed by atoms with E-state index in [9.17, 15) is 14.0 Å². The molecule has 0 saturated carbocycles. The third kappa shape index (κ3) is 3.92. The number of esters is 1. The molecule has 0 spiro atoms. The van der Waals surface area contributed by atoms with Crippen LogP contribution in [0, 0.1) is 5.82 Å². The van der Waals surface area contributed by atoms with Crippen molar-refractivity contribution in [2.45, 2.75) is 0 Å². The van der Waals surface area contributed by atoms with Crippen LogP contribution < -0.4 is 10.6 Å². The second kappa shape index (κ2) is 6.05. The molecule has 0 radical (unpaired) electrons. The highest BCUT2D eigenvalue weighted by molar-refractivity contribution is 6.33. The van der Waals surface area contributed by atoms with Gasteiger partial charge in [-0.15, -0.1) is 0 Å². The Kier molecular flexibility index (Phi) is 4.71. The van der Waals surface area contributed by atoms with Gasteiger partial charge in [0.25, 0.3) is 0 Å². The van der Waals surface area contributed by atoms with Gasteiger partial charge in [0.15, 0.2) is 0 Å². The third-order valence-corrected chi connectivity index (χ3v) is 2.14. The molecule has 1 rings (SSSR count). The van der Waals surface area contributed by atoms with Crippen molar-refractivity contribution in [2.24, 2.45) is 0 Å². The van der Waals surface area contributed by atoms with Crippen molar-refractivity contribution in [2.75, 3.05) is 19.0 Å². The van der Waals surface area contributed by atoms with Crippen LogP contribution in [0.3, 0.4) is 0 Å². The minimum Gasteiger partial charge on any atom is -0.468 e. The van der Waals surface area contributed by atoms with Crippen molar-refractivity contribution < 1.29 is 18.7 Å². The van der Waals surface area contributed by atoms with Crippen molar-refractivity contribution in [3.63, 3.8) is 0 Å². The molecular formula is C10H10ClFN2O3. The minimum atomic E-state index is -0.748. The highest BCUT2D eigenvalue weighted by Gasteiger charge is 2.11. The number of benzene rings is 1. The van der Waals surface area contributed by atoms with Gasteiger partial charge in [0.2, 0.25) is 0 Å². The normalized spacial score (nSPS) is 9.59. The molecule has 17 heavy (non-hydrogen) atoms. The van der Waals surface area contributed by atoms with Crippen molar-refractivity contribution in [3.8, 4) is 0 Å². The number of urea groups is 1. The van der Waals surface area contributed by atoms with Gasteiger partial charge in [0.05, 0.1) is 17.8 Å². The van der Waals surface area contributed by atoms with Gasteiger partial charge in [-0.2, -0.15) is 0 Å². The minimum absolute atomic E-state index is 0.0678. The van der Waals surface area contributed by atoms with Gasteiger partial charge in [0, 0.05) is 0 Å². The van der Waals surface area contributed by atoms with Crippen LogP contribution in [-0.2, 0) is 9.53 Å². The number of hydrogen-bond acceptors (Lipinski definition) is 3.